The van der Waals surface area contributed by atoms with Crippen molar-refractivity contribution in [2.75, 3.05) is 6.54 Å². The minimum Gasteiger partial charge on any atom is -0.314 e. The van der Waals surface area contributed by atoms with Crippen molar-refractivity contribution in [1.82, 2.24) is 5.32 Å². The van der Waals surface area contributed by atoms with Crippen LogP contribution in [0.4, 0.5) is 0 Å². The number of benzene rings is 1. The first-order valence-corrected chi connectivity index (χ1v) is 7.14. The largest absolute Gasteiger partial charge is 0.314 e. The Balaban J connectivity index is 2.16. The van der Waals surface area contributed by atoms with Gasteiger partial charge in [-0.15, -0.1) is 0 Å². The molecule has 2 unspecified atom stereocenters. The highest BCUT2D eigenvalue weighted by Crippen LogP contribution is 2.32. The van der Waals surface area contributed by atoms with Gasteiger partial charge in [0.15, 0.2) is 0 Å². The minimum atomic E-state index is 0.606. The molecule has 0 saturated carbocycles. The summed E-state index contributed by atoms with van der Waals surface area (Å²) in [5, 5.41) is 3.67. The van der Waals surface area contributed by atoms with Gasteiger partial charge in [-0.05, 0) is 56.2 Å². The van der Waals surface area contributed by atoms with Gasteiger partial charge in [0.2, 0.25) is 0 Å². The third-order valence-electron chi connectivity index (χ3n) is 3.99. The van der Waals surface area contributed by atoms with E-state index >= 15 is 0 Å². The molecule has 1 aliphatic rings. The molecular weight excluding hydrogens is 206 g/mol. The lowest BCUT2D eigenvalue weighted by Gasteiger charge is -2.25. The number of rotatable bonds is 4. The third-order valence-corrected chi connectivity index (χ3v) is 3.99. The van der Waals surface area contributed by atoms with E-state index in [1.54, 1.807) is 11.1 Å². The number of hydrogen-bond acceptors (Lipinski definition) is 1. The van der Waals surface area contributed by atoms with Gasteiger partial charge in [0.1, 0.15) is 0 Å². The van der Waals surface area contributed by atoms with E-state index in [1.807, 2.05) is 0 Å². The molecule has 0 aromatic heterocycles. The Hall–Kier alpha value is -0.820. The maximum atomic E-state index is 3.67. The van der Waals surface area contributed by atoms with Gasteiger partial charge >= 0.3 is 0 Å². The average Bonchev–Trinajstić information content (AvgIpc) is 2.58. The topological polar surface area (TPSA) is 12.0 Å². The summed E-state index contributed by atoms with van der Waals surface area (Å²) in [7, 11) is 0. The molecular formula is C16H25N. The molecule has 1 nitrogen and oxygen atoms in total. The maximum absolute atomic E-state index is 3.67. The van der Waals surface area contributed by atoms with Crippen LogP contribution in [-0.4, -0.2) is 12.6 Å². The second kappa shape index (κ2) is 6.20. The molecule has 0 saturated heterocycles. The predicted molar refractivity (Wildman–Crippen MR) is 74.5 cm³/mol. The molecule has 0 bridgehead atoms. The lowest BCUT2D eigenvalue weighted by molar-refractivity contribution is 0.434. The molecule has 1 heteroatoms. The molecule has 1 N–H and O–H groups in total. The fraction of sp³-hybridized carbons (Fsp3) is 0.625. The van der Waals surface area contributed by atoms with E-state index in [-0.39, 0.29) is 0 Å². The molecule has 0 fully saturated rings. The number of fused-ring (bicyclic) bond motifs is 1. The summed E-state index contributed by atoms with van der Waals surface area (Å²) in [6.07, 6.45) is 6.56. The summed E-state index contributed by atoms with van der Waals surface area (Å²) < 4.78 is 0. The van der Waals surface area contributed by atoms with Crippen LogP contribution in [0.15, 0.2) is 24.3 Å². The molecule has 0 heterocycles. The first kappa shape index (κ1) is 12.6. The number of nitrogens with one attached hydrogen (secondary N) is 1. The molecule has 0 radical (unpaired) electrons. The molecule has 2 rings (SSSR count). The average molecular weight is 231 g/mol. The van der Waals surface area contributed by atoms with E-state index in [1.165, 1.54) is 32.1 Å². The first-order chi connectivity index (χ1) is 8.33. The molecule has 17 heavy (non-hydrogen) atoms. The Labute approximate surface area is 106 Å². The van der Waals surface area contributed by atoms with Crippen molar-refractivity contribution in [2.24, 2.45) is 0 Å². The monoisotopic (exact) mass is 231 g/mol. The Kier molecular flexibility index (Phi) is 4.61. The van der Waals surface area contributed by atoms with Crippen molar-refractivity contribution in [3.8, 4) is 0 Å². The van der Waals surface area contributed by atoms with Crippen LogP contribution in [0.2, 0.25) is 0 Å². The number of aryl methyl sites for hydroxylation is 1. The Bertz CT molecular complexity index is 345. The summed E-state index contributed by atoms with van der Waals surface area (Å²) >= 11 is 0. The van der Waals surface area contributed by atoms with Crippen LogP contribution in [-0.2, 0) is 6.42 Å². The summed E-state index contributed by atoms with van der Waals surface area (Å²) in [5.74, 6) is 0.709. The highest BCUT2D eigenvalue weighted by Gasteiger charge is 2.22. The number of hydrogen-bond donors (Lipinski definition) is 1. The summed E-state index contributed by atoms with van der Waals surface area (Å²) in [4.78, 5) is 0. The van der Waals surface area contributed by atoms with Gasteiger partial charge in [0, 0.05) is 6.04 Å². The zero-order valence-electron chi connectivity index (χ0n) is 11.2. The normalized spacial score (nSPS) is 21.6. The summed E-state index contributed by atoms with van der Waals surface area (Å²) in [6, 6.07) is 9.65. The molecule has 0 spiro atoms. The molecule has 94 valence electrons. The van der Waals surface area contributed by atoms with Crippen molar-refractivity contribution in [1.29, 1.82) is 0 Å². The molecule has 1 aromatic rings. The van der Waals surface area contributed by atoms with E-state index < -0.39 is 0 Å². The summed E-state index contributed by atoms with van der Waals surface area (Å²) in [6.45, 7) is 5.73. The van der Waals surface area contributed by atoms with Crippen molar-refractivity contribution < 1.29 is 0 Å². The van der Waals surface area contributed by atoms with Gasteiger partial charge in [-0.1, -0.05) is 37.6 Å². The van der Waals surface area contributed by atoms with Crippen molar-refractivity contribution in [2.45, 2.75) is 57.9 Å². The van der Waals surface area contributed by atoms with Crippen molar-refractivity contribution in [3.05, 3.63) is 35.4 Å². The lowest BCUT2D eigenvalue weighted by atomic mass is 9.87. The van der Waals surface area contributed by atoms with E-state index in [4.69, 9.17) is 0 Å². The first-order valence-electron chi connectivity index (χ1n) is 7.14. The summed E-state index contributed by atoms with van der Waals surface area (Å²) in [5.41, 5.74) is 3.18. The fourth-order valence-electron chi connectivity index (χ4n) is 2.99. The van der Waals surface area contributed by atoms with Crippen LogP contribution >= 0.6 is 0 Å². The third kappa shape index (κ3) is 3.10. The van der Waals surface area contributed by atoms with Gasteiger partial charge in [0.25, 0.3) is 0 Å². The highest BCUT2D eigenvalue weighted by atomic mass is 14.9. The zero-order valence-corrected chi connectivity index (χ0v) is 11.2. The SMILES string of the molecule is CCCNC(C)C1CCCCc2ccccc21. The molecule has 0 aliphatic heterocycles. The Morgan fingerprint density at radius 3 is 2.94 bits per heavy atom. The van der Waals surface area contributed by atoms with Crippen LogP contribution in [0.3, 0.4) is 0 Å². The van der Waals surface area contributed by atoms with E-state index in [0.717, 1.165) is 6.54 Å². The smallest absolute Gasteiger partial charge is 0.0108 e. The lowest BCUT2D eigenvalue weighted by Crippen LogP contribution is -2.32. The van der Waals surface area contributed by atoms with E-state index in [0.29, 0.717) is 12.0 Å². The molecule has 1 aromatic carbocycles. The minimum absolute atomic E-state index is 0.606. The second-order valence-electron chi connectivity index (χ2n) is 5.29. The van der Waals surface area contributed by atoms with E-state index in [9.17, 15) is 0 Å². The van der Waals surface area contributed by atoms with Crippen molar-refractivity contribution in [3.63, 3.8) is 0 Å². The molecule has 2 atom stereocenters. The predicted octanol–water partition coefficient (Wildman–Crippen LogP) is 3.88. The van der Waals surface area contributed by atoms with Crippen LogP contribution in [0.25, 0.3) is 0 Å². The standard InChI is InChI=1S/C16H25N/c1-3-12-17-13(2)15-10-6-4-8-14-9-5-7-11-16(14)15/h5,7,9,11,13,15,17H,3-4,6,8,10,12H2,1-2H3. The van der Waals surface area contributed by atoms with Crippen LogP contribution in [0, 0.1) is 0 Å². The molecule has 0 amide bonds. The van der Waals surface area contributed by atoms with Crippen molar-refractivity contribution >= 4 is 0 Å². The van der Waals surface area contributed by atoms with E-state index in [2.05, 4.69) is 43.4 Å². The van der Waals surface area contributed by atoms with Gasteiger partial charge in [0.05, 0.1) is 0 Å². The second-order valence-corrected chi connectivity index (χ2v) is 5.29. The van der Waals surface area contributed by atoms with Gasteiger partial charge in [-0.2, -0.15) is 0 Å². The zero-order chi connectivity index (χ0) is 12.1. The maximum Gasteiger partial charge on any atom is 0.0108 e. The van der Waals surface area contributed by atoms with Gasteiger partial charge in [-0.25, -0.2) is 0 Å². The molecule has 1 aliphatic carbocycles. The quantitative estimate of drug-likeness (QED) is 0.775. The fourth-order valence-corrected chi connectivity index (χ4v) is 2.99. The van der Waals surface area contributed by atoms with Gasteiger partial charge in [-0.3, -0.25) is 0 Å². The Morgan fingerprint density at radius 1 is 1.29 bits per heavy atom. The van der Waals surface area contributed by atoms with Crippen LogP contribution < -0.4 is 5.32 Å². The highest BCUT2D eigenvalue weighted by molar-refractivity contribution is 5.32. The van der Waals surface area contributed by atoms with Crippen LogP contribution in [0.5, 0.6) is 0 Å². The van der Waals surface area contributed by atoms with Crippen LogP contribution in [0.1, 0.15) is 56.6 Å². The Morgan fingerprint density at radius 2 is 2.12 bits per heavy atom. The van der Waals surface area contributed by atoms with Gasteiger partial charge < -0.3 is 5.32 Å².